The third kappa shape index (κ3) is 2.26. The predicted octanol–water partition coefficient (Wildman–Crippen LogP) is 4.89. The maximum absolute atomic E-state index is 13.1. The third-order valence-corrected chi connectivity index (χ3v) is 5.54. The number of carbonyl (C=O) groups is 2. The molecule has 0 N–H and O–H groups in total. The van der Waals surface area contributed by atoms with Gasteiger partial charge in [-0.1, -0.05) is 58.4 Å². The average molecular weight is 490 g/mol. The van der Waals surface area contributed by atoms with Gasteiger partial charge in [0.25, 0.3) is 0 Å². The van der Waals surface area contributed by atoms with E-state index in [0.29, 0.717) is 16.7 Å². The first-order valence-corrected chi connectivity index (χ1v) is 9.08. The first-order chi connectivity index (χ1) is 11.6. The van der Waals surface area contributed by atoms with Crippen molar-refractivity contribution in [2.45, 2.75) is 0 Å². The molecule has 1 aliphatic carbocycles. The van der Waals surface area contributed by atoms with Gasteiger partial charge in [-0.3, -0.25) is 14.6 Å². The van der Waals surface area contributed by atoms with Crippen molar-refractivity contribution < 1.29 is 9.59 Å². The summed E-state index contributed by atoms with van der Waals surface area (Å²) >= 11 is 5.70. The van der Waals surface area contributed by atoms with E-state index in [0.717, 1.165) is 19.2 Å². The van der Waals surface area contributed by atoms with Crippen LogP contribution in [-0.4, -0.2) is 16.6 Å². The summed E-state index contributed by atoms with van der Waals surface area (Å²) in [6.45, 7) is 0. The standard InChI is InChI=1S/C19H9BrINO2/c20-13-8-4-3-7-12(13)15-14(21)9-22-17-16(15)18(23)10-5-1-2-6-11(10)19(17)24/h1-9H. The molecule has 1 aliphatic rings. The number of pyridine rings is 1. The highest BCUT2D eigenvalue weighted by Gasteiger charge is 2.34. The van der Waals surface area contributed by atoms with Crippen molar-refractivity contribution in [2.75, 3.05) is 0 Å². The van der Waals surface area contributed by atoms with Crippen LogP contribution in [0.4, 0.5) is 0 Å². The van der Waals surface area contributed by atoms with Crippen LogP contribution in [0.2, 0.25) is 0 Å². The van der Waals surface area contributed by atoms with Gasteiger partial charge >= 0.3 is 0 Å². The van der Waals surface area contributed by atoms with Crippen molar-refractivity contribution >= 4 is 50.1 Å². The third-order valence-electron chi connectivity index (χ3n) is 4.03. The van der Waals surface area contributed by atoms with Crippen LogP contribution in [-0.2, 0) is 0 Å². The zero-order valence-electron chi connectivity index (χ0n) is 12.2. The highest BCUT2D eigenvalue weighted by Crippen LogP contribution is 2.38. The second-order valence-corrected chi connectivity index (χ2v) is 7.40. The number of hydrogen-bond acceptors (Lipinski definition) is 3. The number of nitrogens with zero attached hydrogens (tertiary/aromatic N) is 1. The molecule has 0 amide bonds. The number of benzene rings is 2. The van der Waals surface area contributed by atoms with Gasteiger partial charge in [-0.25, -0.2) is 0 Å². The summed E-state index contributed by atoms with van der Waals surface area (Å²) in [5.41, 5.74) is 3.10. The summed E-state index contributed by atoms with van der Waals surface area (Å²) in [4.78, 5) is 30.2. The fourth-order valence-electron chi connectivity index (χ4n) is 2.95. The summed E-state index contributed by atoms with van der Waals surface area (Å²) in [5.74, 6) is -0.359. The smallest absolute Gasteiger partial charge is 0.212 e. The van der Waals surface area contributed by atoms with Crippen LogP contribution < -0.4 is 0 Å². The monoisotopic (exact) mass is 489 g/mol. The molecule has 1 aromatic heterocycles. The number of carbonyl (C=O) groups excluding carboxylic acids is 2. The predicted molar refractivity (Wildman–Crippen MR) is 103 cm³/mol. The van der Waals surface area contributed by atoms with Crippen molar-refractivity contribution in [3.8, 4) is 11.1 Å². The Hall–Kier alpha value is -1.86. The molecule has 1 heterocycles. The van der Waals surface area contributed by atoms with E-state index >= 15 is 0 Å². The first kappa shape index (κ1) is 15.7. The van der Waals surface area contributed by atoms with Crippen LogP contribution in [0.5, 0.6) is 0 Å². The second kappa shape index (κ2) is 5.89. The molecule has 3 nitrogen and oxygen atoms in total. The van der Waals surface area contributed by atoms with Crippen LogP contribution in [0.25, 0.3) is 11.1 Å². The molecule has 0 atom stereocenters. The van der Waals surface area contributed by atoms with Crippen molar-refractivity contribution in [2.24, 2.45) is 0 Å². The van der Waals surface area contributed by atoms with E-state index in [1.807, 2.05) is 24.3 Å². The SMILES string of the molecule is O=C1c2ccccc2C(=O)c2c1ncc(I)c2-c1ccccc1Br. The molecular weight excluding hydrogens is 481 g/mol. The Morgan fingerprint density at radius 1 is 0.792 bits per heavy atom. The van der Waals surface area contributed by atoms with Crippen molar-refractivity contribution in [1.82, 2.24) is 4.98 Å². The molecular formula is C19H9BrINO2. The topological polar surface area (TPSA) is 47.0 Å². The van der Waals surface area contributed by atoms with Gasteiger partial charge < -0.3 is 0 Å². The van der Waals surface area contributed by atoms with E-state index in [9.17, 15) is 9.59 Å². The largest absolute Gasteiger partial charge is 0.288 e. The highest BCUT2D eigenvalue weighted by molar-refractivity contribution is 14.1. The van der Waals surface area contributed by atoms with Crippen LogP contribution in [0.15, 0.2) is 59.2 Å². The number of halogens is 2. The Morgan fingerprint density at radius 2 is 1.38 bits per heavy atom. The number of hydrogen-bond donors (Lipinski definition) is 0. The highest BCUT2D eigenvalue weighted by atomic mass is 127. The van der Waals surface area contributed by atoms with E-state index in [1.165, 1.54) is 0 Å². The fraction of sp³-hybridized carbons (Fsp3) is 0. The van der Waals surface area contributed by atoms with Gasteiger partial charge in [0, 0.05) is 30.9 Å². The minimum Gasteiger partial charge on any atom is -0.288 e. The lowest BCUT2D eigenvalue weighted by molar-refractivity contribution is 0.0975. The van der Waals surface area contributed by atoms with Gasteiger partial charge in [-0.15, -0.1) is 0 Å². The average Bonchev–Trinajstić information content (AvgIpc) is 2.60. The van der Waals surface area contributed by atoms with E-state index < -0.39 is 0 Å². The molecule has 0 spiro atoms. The van der Waals surface area contributed by atoms with Crippen LogP contribution >= 0.6 is 38.5 Å². The summed E-state index contributed by atoms with van der Waals surface area (Å²) in [5, 5.41) is 0. The van der Waals surface area contributed by atoms with Gasteiger partial charge in [0.15, 0.2) is 5.78 Å². The van der Waals surface area contributed by atoms with E-state index in [-0.39, 0.29) is 17.3 Å². The minimum atomic E-state index is -0.204. The molecule has 0 unspecified atom stereocenters. The second-order valence-electron chi connectivity index (χ2n) is 5.39. The molecule has 4 rings (SSSR count). The number of ketones is 2. The fourth-order valence-corrected chi connectivity index (χ4v) is 4.13. The van der Waals surface area contributed by atoms with Gasteiger partial charge in [0.2, 0.25) is 5.78 Å². The molecule has 3 aromatic rings. The molecule has 0 radical (unpaired) electrons. The van der Waals surface area contributed by atoms with Gasteiger partial charge in [-0.2, -0.15) is 0 Å². The molecule has 2 aromatic carbocycles. The molecule has 116 valence electrons. The van der Waals surface area contributed by atoms with Crippen LogP contribution in [0.1, 0.15) is 32.0 Å². The van der Waals surface area contributed by atoms with Crippen molar-refractivity contribution in [3.05, 3.63) is 85.2 Å². The Labute approximate surface area is 160 Å². The maximum atomic E-state index is 13.1. The Morgan fingerprint density at radius 3 is 2.04 bits per heavy atom. The van der Waals surface area contributed by atoms with Gasteiger partial charge in [0.05, 0.1) is 5.56 Å². The Bertz CT molecular complexity index is 1030. The number of fused-ring (bicyclic) bond motifs is 2. The quantitative estimate of drug-likeness (QED) is 0.357. The van der Waals surface area contributed by atoms with E-state index in [2.05, 4.69) is 43.5 Å². The molecule has 0 saturated carbocycles. The minimum absolute atomic E-state index is 0.156. The van der Waals surface area contributed by atoms with Gasteiger partial charge in [-0.05, 0) is 34.2 Å². The van der Waals surface area contributed by atoms with E-state index in [4.69, 9.17) is 0 Å². The molecule has 0 aliphatic heterocycles. The van der Waals surface area contributed by atoms with E-state index in [1.54, 1.807) is 30.5 Å². The zero-order valence-corrected chi connectivity index (χ0v) is 16.0. The normalized spacial score (nSPS) is 12.8. The summed E-state index contributed by atoms with van der Waals surface area (Å²) < 4.78 is 1.70. The molecule has 0 bridgehead atoms. The molecule has 5 heteroatoms. The number of aromatic nitrogens is 1. The Kier molecular flexibility index (Phi) is 3.85. The van der Waals surface area contributed by atoms with Crippen molar-refractivity contribution in [1.29, 1.82) is 0 Å². The first-order valence-electron chi connectivity index (χ1n) is 7.21. The maximum Gasteiger partial charge on any atom is 0.212 e. The summed E-state index contributed by atoms with van der Waals surface area (Å²) in [6, 6.07) is 14.6. The lowest BCUT2D eigenvalue weighted by Crippen LogP contribution is -2.23. The molecule has 0 saturated heterocycles. The lowest BCUT2D eigenvalue weighted by Gasteiger charge is -2.20. The van der Waals surface area contributed by atoms with Crippen LogP contribution in [0, 0.1) is 3.57 Å². The zero-order chi connectivity index (χ0) is 16.8. The molecule has 0 fully saturated rings. The summed E-state index contributed by atoms with van der Waals surface area (Å²) in [6.07, 6.45) is 1.65. The molecule has 24 heavy (non-hydrogen) atoms. The van der Waals surface area contributed by atoms with Crippen LogP contribution in [0.3, 0.4) is 0 Å². The number of rotatable bonds is 1. The lowest BCUT2D eigenvalue weighted by atomic mass is 9.83. The van der Waals surface area contributed by atoms with Gasteiger partial charge in [0.1, 0.15) is 5.69 Å². The summed E-state index contributed by atoms with van der Waals surface area (Å²) in [7, 11) is 0. The Balaban J connectivity index is 2.08. The van der Waals surface area contributed by atoms with Crippen molar-refractivity contribution in [3.63, 3.8) is 0 Å².